The number of rotatable bonds is 8. The van der Waals surface area contributed by atoms with Crippen LogP contribution in [0.1, 0.15) is 69.4 Å². The number of fused-ring (bicyclic) bond motifs is 2. The molecule has 4 aromatic rings. The van der Waals surface area contributed by atoms with E-state index in [2.05, 4.69) is 78.3 Å². The number of carbonyl (C=O) groups is 1. The van der Waals surface area contributed by atoms with Crippen LogP contribution in [0.25, 0.3) is 16.7 Å². The smallest absolute Gasteiger partial charge is 0.227 e. The SMILES string of the molecule is CCC(C(C)C)C(C)(C)c1cc(C2CN3CCN(C(=O)Cc4ccc(-n5cnnn5)cc4)CC3CO2)c(C)c2nonc12. The van der Waals surface area contributed by atoms with Gasteiger partial charge >= 0.3 is 0 Å². The van der Waals surface area contributed by atoms with E-state index in [1.165, 1.54) is 5.56 Å². The molecule has 2 aliphatic rings. The van der Waals surface area contributed by atoms with Gasteiger partial charge in [-0.05, 0) is 85.4 Å². The molecule has 11 nitrogen and oxygen atoms in total. The molecule has 0 N–H and O–H groups in total. The summed E-state index contributed by atoms with van der Waals surface area (Å²) in [5, 5.41) is 20.0. The van der Waals surface area contributed by atoms with Crippen LogP contribution < -0.4 is 0 Å². The average molecular weight is 587 g/mol. The zero-order chi connectivity index (χ0) is 30.3. The van der Waals surface area contributed by atoms with E-state index in [1.807, 2.05) is 29.2 Å². The van der Waals surface area contributed by atoms with Crippen LogP contribution in [0.2, 0.25) is 0 Å². The number of hydrogen-bond acceptors (Lipinski definition) is 9. The largest absolute Gasteiger partial charge is 0.370 e. The normalized spacial score (nSPS) is 20.5. The molecule has 0 radical (unpaired) electrons. The van der Waals surface area contributed by atoms with E-state index >= 15 is 0 Å². The summed E-state index contributed by atoms with van der Waals surface area (Å²) in [6, 6.07) is 10.3. The van der Waals surface area contributed by atoms with Crippen LogP contribution in [-0.2, 0) is 21.4 Å². The Kier molecular flexibility index (Phi) is 8.04. The molecule has 228 valence electrons. The number of amides is 1. The first-order valence-electron chi connectivity index (χ1n) is 15.4. The number of piperazine rings is 1. The molecule has 4 heterocycles. The van der Waals surface area contributed by atoms with Gasteiger partial charge in [0.2, 0.25) is 5.91 Å². The van der Waals surface area contributed by atoms with Gasteiger partial charge < -0.3 is 9.64 Å². The molecule has 3 unspecified atom stereocenters. The lowest BCUT2D eigenvalue weighted by Gasteiger charge is -2.46. The Hall–Kier alpha value is -3.70. The summed E-state index contributed by atoms with van der Waals surface area (Å²) in [4.78, 5) is 17.7. The summed E-state index contributed by atoms with van der Waals surface area (Å²) in [5.41, 5.74) is 6.81. The highest BCUT2D eigenvalue weighted by atomic mass is 16.6. The molecule has 0 aliphatic carbocycles. The summed E-state index contributed by atoms with van der Waals surface area (Å²) in [6.07, 6.45) is 2.92. The minimum Gasteiger partial charge on any atom is -0.370 e. The molecule has 2 saturated heterocycles. The molecule has 2 aliphatic heterocycles. The zero-order valence-corrected chi connectivity index (χ0v) is 26.0. The molecule has 0 bridgehead atoms. The van der Waals surface area contributed by atoms with E-state index in [0.717, 1.165) is 52.9 Å². The van der Waals surface area contributed by atoms with Gasteiger partial charge in [-0.2, -0.15) is 0 Å². The van der Waals surface area contributed by atoms with Crippen LogP contribution in [-0.4, -0.2) is 85.1 Å². The van der Waals surface area contributed by atoms with Gasteiger partial charge in [0.25, 0.3) is 0 Å². The first-order chi connectivity index (χ1) is 20.7. The molecule has 0 spiro atoms. The van der Waals surface area contributed by atoms with E-state index in [9.17, 15) is 4.79 Å². The number of benzene rings is 2. The maximum Gasteiger partial charge on any atom is 0.227 e. The van der Waals surface area contributed by atoms with Gasteiger partial charge in [-0.1, -0.05) is 53.2 Å². The Balaban J connectivity index is 1.14. The quantitative estimate of drug-likeness (QED) is 0.298. The average Bonchev–Trinajstić information content (AvgIpc) is 3.71. The van der Waals surface area contributed by atoms with Gasteiger partial charge in [-0.3, -0.25) is 9.69 Å². The second-order valence-electron chi connectivity index (χ2n) is 13.0. The molecule has 11 heteroatoms. The molecule has 2 fully saturated rings. The van der Waals surface area contributed by atoms with Gasteiger partial charge in [0.1, 0.15) is 17.4 Å². The van der Waals surface area contributed by atoms with Crippen molar-refractivity contribution in [1.29, 1.82) is 0 Å². The predicted octanol–water partition coefficient (Wildman–Crippen LogP) is 4.29. The molecule has 2 aromatic heterocycles. The van der Waals surface area contributed by atoms with Crippen LogP contribution in [0.4, 0.5) is 0 Å². The number of ether oxygens (including phenoxy) is 1. The van der Waals surface area contributed by atoms with E-state index in [1.54, 1.807) is 11.0 Å². The third-order valence-corrected chi connectivity index (χ3v) is 9.80. The summed E-state index contributed by atoms with van der Waals surface area (Å²) >= 11 is 0. The van der Waals surface area contributed by atoms with Crippen LogP contribution in [0.15, 0.2) is 41.3 Å². The van der Waals surface area contributed by atoms with Crippen molar-refractivity contribution in [2.45, 2.75) is 71.9 Å². The number of aromatic nitrogens is 6. The molecule has 1 amide bonds. The van der Waals surface area contributed by atoms with Gasteiger partial charge in [-0.25, -0.2) is 9.31 Å². The first kappa shape index (κ1) is 29.4. The number of aryl methyl sites for hydroxylation is 1. The lowest BCUT2D eigenvalue weighted by Crippen LogP contribution is -2.59. The van der Waals surface area contributed by atoms with Crippen molar-refractivity contribution >= 4 is 16.9 Å². The first-order valence-corrected chi connectivity index (χ1v) is 15.4. The fraction of sp³-hybridized carbons (Fsp3) is 0.562. The molecular formula is C32H42N8O3. The van der Waals surface area contributed by atoms with Gasteiger partial charge in [-0.15, -0.1) is 5.10 Å². The standard InChI is InChI=1S/C32H42N8O3/c1-7-26(20(2)3)32(5,6)27-15-25(21(4)30-31(27)35-43-34-30)28-17-38-12-13-39(16-24(38)18-42-28)29(41)14-22-8-10-23(11-9-22)40-19-33-36-37-40/h8-11,15,19-20,24,26,28H,7,12-14,16-18H2,1-6H3. The van der Waals surface area contributed by atoms with Crippen LogP contribution in [0.5, 0.6) is 0 Å². The van der Waals surface area contributed by atoms with E-state index < -0.39 is 0 Å². The Morgan fingerprint density at radius 1 is 1.09 bits per heavy atom. The van der Waals surface area contributed by atoms with Crippen LogP contribution in [0.3, 0.4) is 0 Å². The van der Waals surface area contributed by atoms with Crippen molar-refractivity contribution in [3.8, 4) is 5.69 Å². The monoisotopic (exact) mass is 586 g/mol. The zero-order valence-electron chi connectivity index (χ0n) is 26.0. The Morgan fingerprint density at radius 3 is 2.56 bits per heavy atom. The fourth-order valence-electron chi connectivity index (χ4n) is 7.45. The molecule has 2 aromatic carbocycles. The summed E-state index contributed by atoms with van der Waals surface area (Å²) in [7, 11) is 0. The molecule has 6 rings (SSSR count). The number of carbonyl (C=O) groups excluding carboxylic acids is 1. The number of hydrogen-bond donors (Lipinski definition) is 0. The summed E-state index contributed by atoms with van der Waals surface area (Å²) < 4.78 is 13.4. The minimum atomic E-state index is -0.112. The van der Waals surface area contributed by atoms with E-state index in [4.69, 9.17) is 9.37 Å². The van der Waals surface area contributed by atoms with Crippen molar-refractivity contribution in [1.82, 2.24) is 40.3 Å². The fourth-order valence-corrected chi connectivity index (χ4v) is 7.45. The van der Waals surface area contributed by atoms with Gasteiger partial charge in [0.05, 0.1) is 30.9 Å². The highest BCUT2D eigenvalue weighted by Gasteiger charge is 2.39. The maximum atomic E-state index is 13.3. The Morgan fingerprint density at radius 2 is 1.86 bits per heavy atom. The Labute approximate surface area is 252 Å². The third-order valence-electron chi connectivity index (χ3n) is 9.80. The molecule has 3 atom stereocenters. The van der Waals surface area contributed by atoms with Crippen molar-refractivity contribution < 1.29 is 14.2 Å². The van der Waals surface area contributed by atoms with E-state index in [0.29, 0.717) is 38.0 Å². The maximum absolute atomic E-state index is 13.3. The van der Waals surface area contributed by atoms with Crippen LogP contribution >= 0.6 is 0 Å². The Bertz CT molecular complexity index is 1560. The van der Waals surface area contributed by atoms with Crippen molar-refractivity contribution in [3.05, 3.63) is 58.9 Å². The summed E-state index contributed by atoms with van der Waals surface area (Å²) in [6.45, 7) is 17.2. The van der Waals surface area contributed by atoms with Crippen molar-refractivity contribution in [2.75, 3.05) is 32.8 Å². The number of tetrazole rings is 1. The highest BCUT2D eigenvalue weighted by Crippen LogP contribution is 2.43. The van der Waals surface area contributed by atoms with Crippen molar-refractivity contribution in [3.63, 3.8) is 0 Å². The molecular weight excluding hydrogens is 544 g/mol. The minimum absolute atomic E-state index is 0.0769. The van der Waals surface area contributed by atoms with Gasteiger partial charge in [0.15, 0.2) is 0 Å². The van der Waals surface area contributed by atoms with E-state index in [-0.39, 0.29) is 23.5 Å². The molecule has 0 saturated carbocycles. The predicted molar refractivity (Wildman–Crippen MR) is 162 cm³/mol. The second-order valence-corrected chi connectivity index (χ2v) is 13.0. The number of morpholine rings is 1. The molecule has 43 heavy (non-hydrogen) atoms. The summed E-state index contributed by atoms with van der Waals surface area (Å²) in [5.74, 6) is 1.15. The lowest BCUT2D eigenvalue weighted by atomic mass is 9.66. The van der Waals surface area contributed by atoms with Gasteiger partial charge in [0, 0.05) is 26.2 Å². The second kappa shape index (κ2) is 11.8. The highest BCUT2D eigenvalue weighted by molar-refractivity contribution is 5.83. The lowest BCUT2D eigenvalue weighted by molar-refractivity contribution is -0.139. The number of nitrogens with zero attached hydrogens (tertiary/aromatic N) is 8. The third kappa shape index (κ3) is 5.56. The van der Waals surface area contributed by atoms with Crippen molar-refractivity contribution in [2.24, 2.45) is 11.8 Å². The topological polar surface area (TPSA) is 115 Å². The van der Waals surface area contributed by atoms with Crippen LogP contribution in [0, 0.1) is 18.8 Å².